The van der Waals surface area contributed by atoms with Crippen molar-refractivity contribution in [2.75, 3.05) is 25.0 Å². The molecule has 0 aliphatic rings. The van der Waals surface area contributed by atoms with Crippen LogP contribution in [0.4, 0.5) is 5.69 Å². The molecule has 144 valence electrons. The fraction of sp³-hybridized carbons (Fsp3) is 0.364. The molecule has 1 N–H and O–H groups in total. The average Bonchev–Trinajstić information content (AvgIpc) is 2.67. The van der Waals surface area contributed by atoms with E-state index >= 15 is 0 Å². The zero-order chi connectivity index (χ0) is 19.6. The molecular weight excluding hydrogens is 340 g/mol. The van der Waals surface area contributed by atoms with E-state index in [2.05, 4.69) is 5.32 Å². The van der Waals surface area contributed by atoms with Crippen molar-refractivity contribution in [2.24, 2.45) is 0 Å². The third-order valence-electron chi connectivity index (χ3n) is 4.30. The van der Waals surface area contributed by atoms with Gasteiger partial charge in [-0.2, -0.15) is 0 Å². The first-order valence-electron chi connectivity index (χ1n) is 9.39. The lowest BCUT2D eigenvalue weighted by molar-refractivity contribution is -0.136. The van der Waals surface area contributed by atoms with Crippen LogP contribution in [0, 0.1) is 6.92 Å². The molecule has 0 heterocycles. The number of amides is 2. The lowest BCUT2D eigenvalue weighted by atomic mass is 10.1. The quantitative estimate of drug-likeness (QED) is 0.732. The van der Waals surface area contributed by atoms with Gasteiger partial charge in [-0.3, -0.25) is 9.59 Å². The first-order chi connectivity index (χ1) is 13.0. The smallest absolute Gasteiger partial charge is 0.260 e. The van der Waals surface area contributed by atoms with Crippen molar-refractivity contribution in [3.8, 4) is 5.75 Å². The summed E-state index contributed by atoms with van der Waals surface area (Å²) in [6.07, 6.45) is 1.61. The molecule has 5 heteroatoms. The zero-order valence-electron chi connectivity index (χ0n) is 16.3. The molecule has 2 amide bonds. The lowest BCUT2D eigenvalue weighted by Gasteiger charge is -2.22. The Labute approximate surface area is 161 Å². The van der Waals surface area contributed by atoms with Crippen molar-refractivity contribution >= 4 is 17.5 Å². The Morgan fingerprint density at radius 2 is 1.74 bits per heavy atom. The number of carbonyl (C=O) groups is 2. The Hall–Kier alpha value is -2.82. The molecule has 0 bridgehead atoms. The molecule has 0 aliphatic carbocycles. The fourth-order valence-corrected chi connectivity index (χ4v) is 2.81. The van der Waals surface area contributed by atoms with Crippen LogP contribution in [0.1, 0.15) is 31.4 Å². The number of hydrogen-bond donors (Lipinski definition) is 1. The van der Waals surface area contributed by atoms with Gasteiger partial charge in [0.15, 0.2) is 6.61 Å². The van der Waals surface area contributed by atoms with E-state index in [1.165, 1.54) is 0 Å². The normalized spacial score (nSPS) is 10.3. The van der Waals surface area contributed by atoms with E-state index in [9.17, 15) is 9.59 Å². The second kappa shape index (κ2) is 10.4. The minimum atomic E-state index is -0.208. The first kappa shape index (κ1) is 20.5. The van der Waals surface area contributed by atoms with E-state index in [4.69, 9.17) is 4.74 Å². The minimum Gasteiger partial charge on any atom is -0.483 e. The van der Waals surface area contributed by atoms with Gasteiger partial charge in [-0.25, -0.2) is 0 Å². The van der Waals surface area contributed by atoms with Gasteiger partial charge in [-0.05, 0) is 43.0 Å². The highest BCUT2D eigenvalue weighted by Crippen LogP contribution is 2.18. The molecule has 0 saturated heterocycles. The Morgan fingerprint density at radius 3 is 2.44 bits per heavy atom. The van der Waals surface area contributed by atoms with Gasteiger partial charge in [0.1, 0.15) is 5.75 Å². The van der Waals surface area contributed by atoms with Gasteiger partial charge in [-0.1, -0.05) is 50.2 Å². The lowest BCUT2D eigenvalue weighted by Crippen LogP contribution is -2.41. The maximum atomic E-state index is 12.6. The number of ether oxygens (including phenoxy) is 1. The van der Waals surface area contributed by atoms with Gasteiger partial charge in [0, 0.05) is 12.2 Å². The summed E-state index contributed by atoms with van der Waals surface area (Å²) < 4.78 is 5.71. The molecule has 2 aromatic rings. The Bertz CT molecular complexity index is 774. The van der Waals surface area contributed by atoms with Crippen LogP contribution in [-0.4, -0.2) is 36.4 Å². The second-order valence-corrected chi connectivity index (χ2v) is 6.43. The van der Waals surface area contributed by atoms with Gasteiger partial charge < -0.3 is 15.0 Å². The van der Waals surface area contributed by atoms with E-state index in [0.717, 1.165) is 29.7 Å². The predicted molar refractivity (Wildman–Crippen MR) is 108 cm³/mol. The van der Waals surface area contributed by atoms with Gasteiger partial charge in [-0.15, -0.1) is 0 Å². The summed E-state index contributed by atoms with van der Waals surface area (Å²) in [6, 6.07) is 15.3. The summed E-state index contributed by atoms with van der Waals surface area (Å²) in [5, 5.41) is 2.87. The third kappa shape index (κ3) is 6.13. The molecule has 0 unspecified atom stereocenters. The van der Waals surface area contributed by atoms with Crippen LogP contribution < -0.4 is 10.1 Å². The molecule has 0 radical (unpaired) electrons. The standard InChI is InChI=1S/C22H28N2O3/c1-4-14-24(15-21(25)23-19-12-8-6-10-17(19)3)22(26)16-27-20-13-9-7-11-18(20)5-2/h6-13H,4-5,14-16H2,1-3H3,(H,23,25). The number of nitrogens with zero attached hydrogens (tertiary/aromatic N) is 1. The number of para-hydroxylation sites is 2. The average molecular weight is 368 g/mol. The van der Waals surface area contributed by atoms with Crippen LogP contribution in [-0.2, 0) is 16.0 Å². The molecular formula is C22H28N2O3. The molecule has 0 aliphatic heterocycles. The van der Waals surface area contributed by atoms with Gasteiger partial charge in [0.2, 0.25) is 5.91 Å². The second-order valence-electron chi connectivity index (χ2n) is 6.43. The van der Waals surface area contributed by atoms with Crippen molar-refractivity contribution < 1.29 is 14.3 Å². The summed E-state index contributed by atoms with van der Waals surface area (Å²) in [7, 11) is 0. The molecule has 0 saturated carbocycles. The zero-order valence-corrected chi connectivity index (χ0v) is 16.3. The highest BCUT2D eigenvalue weighted by atomic mass is 16.5. The molecule has 0 aromatic heterocycles. The molecule has 0 fully saturated rings. The highest BCUT2D eigenvalue weighted by molar-refractivity contribution is 5.95. The first-order valence-corrected chi connectivity index (χ1v) is 9.39. The van der Waals surface area contributed by atoms with Crippen molar-refractivity contribution in [2.45, 2.75) is 33.6 Å². The third-order valence-corrected chi connectivity index (χ3v) is 4.30. The maximum absolute atomic E-state index is 12.6. The van der Waals surface area contributed by atoms with Crippen molar-refractivity contribution in [1.29, 1.82) is 0 Å². The number of benzene rings is 2. The van der Waals surface area contributed by atoms with Crippen LogP contribution in [0.3, 0.4) is 0 Å². The summed E-state index contributed by atoms with van der Waals surface area (Å²) in [5.74, 6) is 0.317. The van der Waals surface area contributed by atoms with Crippen LogP contribution in [0.25, 0.3) is 0 Å². The molecule has 2 aromatic carbocycles. The molecule has 0 spiro atoms. The summed E-state index contributed by atoms with van der Waals surface area (Å²) in [5.41, 5.74) is 2.81. The predicted octanol–water partition coefficient (Wildman–Crippen LogP) is 3.81. The van der Waals surface area contributed by atoms with Crippen molar-refractivity contribution in [3.63, 3.8) is 0 Å². The summed E-state index contributed by atoms with van der Waals surface area (Å²) in [4.78, 5) is 26.5. The number of anilines is 1. The van der Waals surface area contributed by atoms with E-state index in [1.807, 2.05) is 69.3 Å². The van der Waals surface area contributed by atoms with Crippen molar-refractivity contribution in [3.05, 3.63) is 59.7 Å². The molecule has 0 atom stereocenters. The van der Waals surface area contributed by atoms with Crippen LogP contribution in [0.15, 0.2) is 48.5 Å². The summed E-state index contributed by atoms with van der Waals surface area (Å²) in [6.45, 7) is 6.41. The minimum absolute atomic E-state index is 0.0137. The number of aryl methyl sites for hydroxylation is 2. The summed E-state index contributed by atoms with van der Waals surface area (Å²) >= 11 is 0. The number of carbonyl (C=O) groups excluding carboxylic acids is 2. The maximum Gasteiger partial charge on any atom is 0.260 e. The Kier molecular flexibility index (Phi) is 7.86. The van der Waals surface area contributed by atoms with Gasteiger partial charge in [0.25, 0.3) is 5.91 Å². The van der Waals surface area contributed by atoms with E-state index < -0.39 is 0 Å². The van der Waals surface area contributed by atoms with Crippen LogP contribution >= 0.6 is 0 Å². The number of nitrogens with one attached hydrogen (secondary N) is 1. The van der Waals surface area contributed by atoms with Gasteiger partial charge in [0.05, 0.1) is 6.54 Å². The van der Waals surface area contributed by atoms with E-state index in [1.54, 1.807) is 4.90 Å². The van der Waals surface area contributed by atoms with Crippen LogP contribution in [0.5, 0.6) is 5.75 Å². The van der Waals surface area contributed by atoms with E-state index in [-0.39, 0.29) is 25.0 Å². The monoisotopic (exact) mass is 368 g/mol. The van der Waals surface area contributed by atoms with E-state index in [0.29, 0.717) is 12.3 Å². The molecule has 5 nitrogen and oxygen atoms in total. The Morgan fingerprint density at radius 1 is 1.04 bits per heavy atom. The largest absolute Gasteiger partial charge is 0.483 e. The van der Waals surface area contributed by atoms with Gasteiger partial charge >= 0.3 is 0 Å². The highest BCUT2D eigenvalue weighted by Gasteiger charge is 2.18. The topological polar surface area (TPSA) is 58.6 Å². The Balaban J connectivity index is 1.95. The molecule has 2 rings (SSSR count). The number of hydrogen-bond acceptors (Lipinski definition) is 3. The number of rotatable bonds is 9. The molecule has 27 heavy (non-hydrogen) atoms. The van der Waals surface area contributed by atoms with Crippen LogP contribution in [0.2, 0.25) is 0 Å². The van der Waals surface area contributed by atoms with Crippen molar-refractivity contribution in [1.82, 2.24) is 4.90 Å². The fourth-order valence-electron chi connectivity index (χ4n) is 2.81. The SMILES string of the molecule is CCCN(CC(=O)Nc1ccccc1C)C(=O)COc1ccccc1CC.